The van der Waals surface area contributed by atoms with E-state index in [4.69, 9.17) is 4.74 Å². The van der Waals surface area contributed by atoms with Crippen LogP contribution in [0.3, 0.4) is 0 Å². The maximum Gasteiger partial charge on any atom is 0.225 e. The monoisotopic (exact) mass is 491 g/mol. The molecule has 0 bridgehead atoms. The molecule has 7 nitrogen and oxygen atoms in total. The third kappa shape index (κ3) is 5.10. The van der Waals surface area contributed by atoms with Gasteiger partial charge in [-0.15, -0.1) is 32.9 Å². The Kier molecular flexibility index (Phi) is 6.82. The predicted molar refractivity (Wildman–Crippen MR) is 136 cm³/mol. The summed E-state index contributed by atoms with van der Waals surface area (Å²) in [4.78, 5) is 20.8. The Morgan fingerprint density at radius 3 is 2.76 bits per heavy atom. The third-order valence-electron chi connectivity index (χ3n) is 5.87. The van der Waals surface area contributed by atoms with Crippen molar-refractivity contribution in [1.82, 2.24) is 20.5 Å². The van der Waals surface area contributed by atoms with Gasteiger partial charge in [-0.1, -0.05) is 6.07 Å². The van der Waals surface area contributed by atoms with Crippen LogP contribution in [0.2, 0.25) is 0 Å². The van der Waals surface area contributed by atoms with E-state index in [9.17, 15) is 4.79 Å². The smallest absolute Gasteiger partial charge is 0.225 e. The van der Waals surface area contributed by atoms with E-state index in [2.05, 4.69) is 25.4 Å². The van der Waals surface area contributed by atoms with Crippen LogP contribution in [0.25, 0.3) is 21.1 Å². The zero-order valence-electron chi connectivity index (χ0n) is 18.8. The first-order valence-electron chi connectivity index (χ1n) is 11.2. The molecule has 1 aliphatic rings. The van der Waals surface area contributed by atoms with Crippen LogP contribution >= 0.6 is 22.7 Å². The quantitative estimate of drug-likeness (QED) is 0.397. The van der Waals surface area contributed by atoms with Crippen molar-refractivity contribution in [1.29, 1.82) is 0 Å². The molecule has 0 spiro atoms. The maximum absolute atomic E-state index is 12.9. The molecule has 1 saturated heterocycles. The molecular formula is C25H25N5O2S2. The molecule has 1 N–H and O–H groups in total. The molecule has 0 radical (unpaired) electrons. The zero-order valence-corrected chi connectivity index (χ0v) is 20.4. The highest BCUT2D eigenvalue weighted by atomic mass is 32.1. The van der Waals surface area contributed by atoms with Gasteiger partial charge >= 0.3 is 0 Å². The number of ether oxygens (including phenoxy) is 1. The first-order valence-corrected chi connectivity index (χ1v) is 12.9. The lowest BCUT2D eigenvalue weighted by Gasteiger charge is -2.32. The van der Waals surface area contributed by atoms with E-state index in [1.807, 2.05) is 59.3 Å². The number of piperidine rings is 1. The molecule has 1 fully saturated rings. The summed E-state index contributed by atoms with van der Waals surface area (Å²) in [6.45, 7) is 1.96. The molecule has 1 aliphatic heterocycles. The molecule has 1 unspecified atom stereocenters. The van der Waals surface area contributed by atoms with Gasteiger partial charge in [0.15, 0.2) is 5.82 Å². The predicted octanol–water partition coefficient (Wildman–Crippen LogP) is 4.87. The van der Waals surface area contributed by atoms with Crippen molar-refractivity contribution >= 4 is 34.4 Å². The fourth-order valence-corrected chi connectivity index (χ4v) is 5.54. The van der Waals surface area contributed by atoms with Gasteiger partial charge in [0.05, 0.1) is 30.1 Å². The molecule has 3 aromatic heterocycles. The zero-order chi connectivity index (χ0) is 23.3. The van der Waals surface area contributed by atoms with Crippen LogP contribution in [0.4, 0.5) is 5.82 Å². The first-order chi connectivity index (χ1) is 16.7. The largest absolute Gasteiger partial charge is 0.497 e. The topological polar surface area (TPSA) is 80.2 Å². The molecule has 5 rings (SSSR count). The van der Waals surface area contributed by atoms with Gasteiger partial charge in [0.25, 0.3) is 0 Å². The fourth-order valence-electron chi connectivity index (χ4n) is 4.03. The number of benzene rings is 1. The highest BCUT2D eigenvalue weighted by Crippen LogP contribution is 2.27. The van der Waals surface area contributed by atoms with E-state index in [-0.39, 0.29) is 11.8 Å². The van der Waals surface area contributed by atoms with Crippen molar-refractivity contribution < 1.29 is 9.53 Å². The molecule has 0 saturated carbocycles. The van der Waals surface area contributed by atoms with Crippen molar-refractivity contribution in [2.24, 2.45) is 5.92 Å². The van der Waals surface area contributed by atoms with Gasteiger partial charge in [0.2, 0.25) is 5.91 Å². The van der Waals surface area contributed by atoms with Gasteiger partial charge in [-0.2, -0.15) is 0 Å². The number of carbonyl (C=O) groups excluding carboxylic acids is 1. The van der Waals surface area contributed by atoms with E-state index in [0.29, 0.717) is 13.1 Å². The number of thiazole rings is 1. The second-order valence-electron chi connectivity index (χ2n) is 8.13. The Morgan fingerprint density at radius 1 is 1.15 bits per heavy atom. The third-order valence-corrected chi connectivity index (χ3v) is 7.71. The van der Waals surface area contributed by atoms with Crippen LogP contribution in [-0.4, -0.2) is 41.3 Å². The standard InChI is InChI=1S/C25H25N5O2S2/c1-32-20-8-6-17(7-9-20)25-27-19(16-34-25)14-26-24(31)18-4-2-12-30(15-18)23-11-10-21(28-29-23)22-5-3-13-33-22/h3,5-11,13,16,18H,2,4,12,14-15H2,1H3,(H,26,31). The molecular weight excluding hydrogens is 466 g/mol. The van der Waals surface area contributed by atoms with Crippen molar-refractivity contribution in [3.63, 3.8) is 0 Å². The number of methoxy groups -OCH3 is 1. The van der Waals surface area contributed by atoms with E-state index in [0.717, 1.165) is 57.8 Å². The van der Waals surface area contributed by atoms with Gasteiger partial charge in [0, 0.05) is 24.0 Å². The van der Waals surface area contributed by atoms with Crippen LogP contribution in [0.15, 0.2) is 59.3 Å². The molecule has 0 aliphatic carbocycles. The Balaban J connectivity index is 1.16. The van der Waals surface area contributed by atoms with Gasteiger partial charge in [-0.25, -0.2) is 4.98 Å². The Morgan fingerprint density at radius 2 is 2.03 bits per heavy atom. The van der Waals surface area contributed by atoms with Crippen molar-refractivity contribution in [3.8, 4) is 26.9 Å². The highest BCUT2D eigenvalue weighted by Gasteiger charge is 2.26. The number of anilines is 1. The molecule has 1 atom stereocenters. The van der Waals surface area contributed by atoms with E-state index in [1.165, 1.54) is 0 Å². The number of nitrogens with one attached hydrogen (secondary N) is 1. The SMILES string of the molecule is COc1ccc(-c2nc(CNC(=O)C3CCCN(c4ccc(-c5cccs5)nn4)C3)cs2)cc1. The minimum absolute atomic E-state index is 0.0619. The normalized spacial score (nSPS) is 15.8. The number of carbonyl (C=O) groups is 1. The fraction of sp³-hybridized carbons (Fsp3) is 0.280. The van der Waals surface area contributed by atoms with Crippen LogP contribution < -0.4 is 15.0 Å². The molecule has 174 valence electrons. The number of aromatic nitrogens is 3. The number of thiophene rings is 1. The van der Waals surface area contributed by atoms with Crippen LogP contribution in [0.5, 0.6) is 5.75 Å². The summed E-state index contributed by atoms with van der Waals surface area (Å²) in [7, 11) is 1.65. The summed E-state index contributed by atoms with van der Waals surface area (Å²) in [5.41, 5.74) is 2.78. The number of amides is 1. The molecule has 1 amide bonds. The summed E-state index contributed by atoms with van der Waals surface area (Å²) in [5.74, 6) is 1.62. The molecule has 1 aromatic carbocycles. The minimum Gasteiger partial charge on any atom is -0.497 e. The average Bonchev–Trinajstić information content (AvgIpc) is 3.60. The minimum atomic E-state index is -0.0767. The summed E-state index contributed by atoms with van der Waals surface area (Å²) in [6, 6.07) is 15.9. The lowest BCUT2D eigenvalue weighted by molar-refractivity contribution is -0.125. The summed E-state index contributed by atoms with van der Waals surface area (Å²) in [5, 5.41) is 16.8. The Bertz CT molecular complexity index is 1220. The number of hydrogen-bond donors (Lipinski definition) is 1. The van der Waals surface area contributed by atoms with E-state index < -0.39 is 0 Å². The van der Waals surface area contributed by atoms with Gasteiger partial charge < -0.3 is 15.0 Å². The Labute approximate surface area is 206 Å². The van der Waals surface area contributed by atoms with Crippen LogP contribution in [0.1, 0.15) is 18.5 Å². The highest BCUT2D eigenvalue weighted by molar-refractivity contribution is 7.13. The number of hydrogen-bond acceptors (Lipinski definition) is 8. The van der Waals surface area contributed by atoms with Crippen molar-refractivity contribution in [2.75, 3.05) is 25.1 Å². The summed E-state index contributed by atoms with van der Waals surface area (Å²) in [6.07, 6.45) is 1.82. The molecule has 34 heavy (non-hydrogen) atoms. The van der Waals surface area contributed by atoms with Crippen LogP contribution in [0, 0.1) is 5.92 Å². The average molecular weight is 492 g/mol. The van der Waals surface area contributed by atoms with Crippen molar-refractivity contribution in [3.05, 3.63) is 65.0 Å². The molecule has 9 heteroatoms. The van der Waals surface area contributed by atoms with Gasteiger partial charge in [0.1, 0.15) is 16.5 Å². The lowest BCUT2D eigenvalue weighted by Crippen LogP contribution is -2.43. The summed E-state index contributed by atoms with van der Waals surface area (Å²) >= 11 is 3.22. The van der Waals surface area contributed by atoms with Gasteiger partial charge in [-0.05, 0) is 60.7 Å². The van der Waals surface area contributed by atoms with Crippen LogP contribution in [-0.2, 0) is 11.3 Å². The molecule has 4 heterocycles. The maximum atomic E-state index is 12.9. The Hall–Kier alpha value is -3.30. The lowest BCUT2D eigenvalue weighted by atomic mass is 9.97. The number of rotatable bonds is 7. The van der Waals surface area contributed by atoms with Crippen molar-refractivity contribution in [2.45, 2.75) is 19.4 Å². The first kappa shape index (κ1) is 22.5. The van der Waals surface area contributed by atoms with Gasteiger partial charge in [-0.3, -0.25) is 4.79 Å². The summed E-state index contributed by atoms with van der Waals surface area (Å²) < 4.78 is 5.21. The number of nitrogens with zero attached hydrogens (tertiary/aromatic N) is 4. The van der Waals surface area contributed by atoms with E-state index >= 15 is 0 Å². The molecule has 4 aromatic rings. The second-order valence-corrected chi connectivity index (χ2v) is 9.94. The second kappa shape index (κ2) is 10.3. The van der Waals surface area contributed by atoms with E-state index in [1.54, 1.807) is 29.8 Å².